The normalized spacial score (nSPS) is 18.5. The maximum atomic E-state index is 14.0. The molecule has 0 unspecified atom stereocenters. The lowest BCUT2D eigenvalue weighted by atomic mass is 9.95. The topological polar surface area (TPSA) is 71.5 Å². The van der Waals surface area contributed by atoms with Crippen molar-refractivity contribution in [1.29, 1.82) is 0 Å². The summed E-state index contributed by atoms with van der Waals surface area (Å²) in [4.78, 5) is 31.3. The third-order valence-electron chi connectivity index (χ3n) is 5.23. The third kappa shape index (κ3) is 4.50. The van der Waals surface area contributed by atoms with Gasteiger partial charge in [0.25, 0.3) is 11.8 Å². The first-order valence-electron chi connectivity index (χ1n) is 10.1. The summed E-state index contributed by atoms with van der Waals surface area (Å²) in [5, 5.41) is 2.81. The van der Waals surface area contributed by atoms with E-state index in [4.69, 9.17) is 4.74 Å². The Balaban J connectivity index is 1.70. The standard InChI is InChI=1S/C24H21F2N3O3/c1-15-4-2-6-17(10-15)22-23(24(31)28-13-16-5-3-9-27-12-16)32-14-21(30)29(22)18-7-8-19(25)20(26)11-18/h2-12,22-23H,13-14H2,1H3,(H,28,31)/t22-,23+/m0/s1. The molecule has 1 N–H and O–H groups in total. The number of pyridine rings is 1. The number of benzene rings is 2. The van der Waals surface area contributed by atoms with Crippen LogP contribution in [-0.4, -0.2) is 29.5 Å². The minimum atomic E-state index is -1.08. The second-order valence-electron chi connectivity index (χ2n) is 7.53. The van der Waals surface area contributed by atoms with Crippen molar-refractivity contribution in [1.82, 2.24) is 10.3 Å². The van der Waals surface area contributed by atoms with Gasteiger partial charge in [-0.25, -0.2) is 8.78 Å². The molecule has 0 aliphatic carbocycles. The van der Waals surface area contributed by atoms with E-state index in [0.717, 1.165) is 23.3 Å². The number of aryl methyl sites for hydroxylation is 1. The zero-order chi connectivity index (χ0) is 22.7. The molecule has 0 bridgehead atoms. The summed E-state index contributed by atoms with van der Waals surface area (Å²) in [6.45, 7) is 1.74. The first-order valence-corrected chi connectivity index (χ1v) is 10.1. The van der Waals surface area contributed by atoms with Gasteiger partial charge in [-0.05, 0) is 36.2 Å². The Hall–Kier alpha value is -3.65. The molecule has 1 fully saturated rings. The molecule has 0 radical (unpaired) electrons. The number of ether oxygens (including phenoxy) is 1. The second kappa shape index (κ2) is 9.23. The molecule has 6 nitrogen and oxygen atoms in total. The molecule has 4 rings (SSSR count). The lowest BCUT2D eigenvalue weighted by Crippen LogP contribution is -2.54. The summed E-state index contributed by atoms with van der Waals surface area (Å²) >= 11 is 0. The van der Waals surface area contributed by atoms with Gasteiger partial charge < -0.3 is 10.1 Å². The smallest absolute Gasteiger partial charge is 0.253 e. The Kier molecular flexibility index (Phi) is 6.23. The largest absolute Gasteiger partial charge is 0.356 e. The number of carbonyl (C=O) groups excluding carboxylic acids is 2. The molecule has 1 aromatic heterocycles. The van der Waals surface area contributed by atoms with Crippen LogP contribution in [0.1, 0.15) is 22.7 Å². The van der Waals surface area contributed by atoms with Crippen LogP contribution in [0, 0.1) is 18.6 Å². The number of hydrogen-bond donors (Lipinski definition) is 1. The molecular formula is C24H21F2N3O3. The highest BCUT2D eigenvalue weighted by Crippen LogP contribution is 2.35. The summed E-state index contributed by atoms with van der Waals surface area (Å²) in [5.74, 6) is -2.99. The van der Waals surface area contributed by atoms with Gasteiger partial charge in [-0.2, -0.15) is 0 Å². The second-order valence-corrected chi connectivity index (χ2v) is 7.53. The number of amides is 2. The van der Waals surface area contributed by atoms with Crippen LogP contribution in [-0.2, 0) is 20.9 Å². The number of hydrogen-bond acceptors (Lipinski definition) is 4. The number of halogens is 2. The minimum Gasteiger partial charge on any atom is -0.356 e. The molecule has 8 heteroatoms. The highest BCUT2D eigenvalue weighted by atomic mass is 19.2. The monoisotopic (exact) mass is 437 g/mol. The quantitative estimate of drug-likeness (QED) is 0.664. The zero-order valence-electron chi connectivity index (χ0n) is 17.3. The van der Waals surface area contributed by atoms with E-state index >= 15 is 0 Å². The van der Waals surface area contributed by atoms with Crippen LogP contribution in [0.5, 0.6) is 0 Å². The maximum Gasteiger partial charge on any atom is 0.253 e. The van der Waals surface area contributed by atoms with Gasteiger partial charge in [0, 0.05) is 30.7 Å². The third-order valence-corrected chi connectivity index (χ3v) is 5.23. The number of carbonyl (C=O) groups is 2. The Labute approximate surface area is 183 Å². The summed E-state index contributed by atoms with van der Waals surface area (Å²) in [6.07, 6.45) is 2.21. The van der Waals surface area contributed by atoms with E-state index in [2.05, 4.69) is 10.3 Å². The number of morpholine rings is 1. The molecule has 164 valence electrons. The molecule has 1 saturated heterocycles. The van der Waals surface area contributed by atoms with Crippen LogP contribution >= 0.6 is 0 Å². The molecular weight excluding hydrogens is 416 g/mol. The molecule has 2 aromatic carbocycles. The van der Waals surface area contributed by atoms with E-state index in [1.165, 1.54) is 11.0 Å². The lowest BCUT2D eigenvalue weighted by molar-refractivity contribution is -0.144. The Morgan fingerprint density at radius 1 is 1.16 bits per heavy atom. The van der Waals surface area contributed by atoms with Gasteiger partial charge in [0.15, 0.2) is 17.7 Å². The molecule has 2 atom stereocenters. The van der Waals surface area contributed by atoms with Crippen molar-refractivity contribution < 1.29 is 23.1 Å². The van der Waals surface area contributed by atoms with E-state index < -0.39 is 35.6 Å². The maximum absolute atomic E-state index is 14.0. The van der Waals surface area contributed by atoms with E-state index in [1.54, 1.807) is 30.6 Å². The fourth-order valence-corrected chi connectivity index (χ4v) is 3.74. The van der Waals surface area contributed by atoms with Crippen LogP contribution in [0.15, 0.2) is 67.0 Å². The van der Waals surface area contributed by atoms with Crippen LogP contribution in [0.25, 0.3) is 0 Å². The van der Waals surface area contributed by atoms with E-state index in [9.17, 15) is 18.4 Å². The average molecular weight is 437 g/mol. The number of anilines is 1. The van der Waals surface area contributed by atoms with E-state index in [1.807, 2.05) is 25.1 Å². The summed E-state index contributed by atoms with van der Waals surface area (Å²) in [5.41, 5.74) is 2.51. The fraction of sp³-hybridized carbons (Fsp3) is 0.208. The molecule has 32 heavy (non-hydrogen) atoms. The van der Waals surface area contributed by atoms with Gasteiger partial charge in [0.1, 0.15) is 6.61 Å². The molecule has 3 aromatic rings. The lowest BCUT2D eigenvalue weighted by Gasteiger charge is -2.40. The zero-order valence-corrected chi connectivity index (χ0v) is 17.3. The van der Waals surface area contributed by atoms with Gasteiger partial charge in [-0.1, -0.05) is 35.9 Å². The Morgan fingerprint density at radius 3 is 2.72 bits per heavy atom. The van der Waals surface area contributed by atoms with E-state index in [-0.39, 0.29) is 18.8 Å². The summed E-state index contributed by atoms with van der Waals surface area (Å²) in [6, 6.07) is 13.2. The van der Waals surface area contributed by atoms with Gasteiger partial charge in [0.05, 0.1) is 6.04 Å². The van der Waals surface area contributed by atoms with Gasteiger partial charge in [-0.3, -0.25) is 19.5 Å². The number of aromatic nitrogens is 1. The van der Waals surface area contributed by atoms with E-state index in [0.29, 0.717) is 5.56 Å². The molecule has 2 heterocycles. The van der Waals surface area contributed by atoms with Crippen molar-refractivity contribution in [3.05, 3.63) is 95.3 Å². The molecule has 0 saturated carbocycles. The summed E-state index contributed by atoms with van der Waals surface area (Å²) < 4.78 is 33.2. The first kappa shape index (κ1) is 21.6. The predicted molar refractivity (Wildman–Crippen MR) is 114 cm³/mol. The van der Waals surface area contributed by atoms with Crippen molar-refractivity contribution in [3.8, 4) is 0 Å². The van der Waals surface area contributed by atoms with Crippen molar-refractivity contribution in [2.45, 2.75) is 25.6 Å². The molecule has 1 aliphatic rings. The molecule has 1 aliphatic heterocycles. The van der Waals surface area contributed by atoms with Crippen LogP contribution in [0.2, 0.25) is 0 Å². The number of nitrogens with one attached hydrogen (secondary N) is 1. The fourth-order valence-electron chi connectivity index (χ4n) is 3.74. The van der Waals surface area contributed by atoms with Crippen LogP contribution in [0.3, 0.4) is 0 Å². The van der Waals surface area contributed by atoms with Crippen LogP contribution < -0.4 is 10.2 Å². The van der Waals surface area contributed by atoms with Crippen LogP contribution in [0.4, 0.5) is 14.5 Å². The Bertz CT molecular complexity index is 1140. The van der Waals surface area contributed by atoms with Crippen molar-refractivity contribution in [3.63, 3.8) is 0 Å². The van der Waals surface area contributed by atoms with Crippen molar-refractivity contribution in [2.75, 3.05) is 11.5 Å². The van der Waals surface area contributed by atoms with Gasteiger partial charge in [-0.15, -0.1) is 0 Å². The Morgan fingerprint density at radius 2 is 2.00 bits per heavy atom. The summed E-state index contributed by atoms with van der Waals surface area (Å²) in [7, 11) is 0. The van der Waals surface area contributed by atoms with Crippen molar-refractivity contribution >= 4 is 17.5 Å². The predicted octanol–water partition coefficient (Wildman–Crippen LogP) is 3.46. The SMILES string of the molecule is Cc1cccc([C@H]2[C@H](C(=O)NCc3cccnc3)OCC(=O)N2c2ccc(F)c(F)c2)c1. The average Bonchev–Trinajstić information content (AvgIpc) is 2.80. The molecule has 2 amide bonds. The number of nitrogens with zero attached hydrogens (tertiary/aromatic N) is 2. The first-order chi connectivity index (χ1) is 15.4. The molecule has 0 spiro atoms. The minimum absolute atomic E-state index is 0.147. The van der Waals surface area contributed by atoms with Gasteiger partial charge in [0.2, 0.25) is 0 Å². The highest BCUT2D eigenvalue weighted by Gasteiger charge is 2.42. The van der Waals surface area contributed by atoms with Crippen molar-refractivity contribution in [2.24, 2.45) is 0 Å². The number of rotatable bonds is 5. The highest BCUT2D eigenvalue weighted by molar-refractivity contribution is 5.98. The van der Waals surface area contributed by atoms with Gasteiger partial charge >= 0.3 is 0 Å².